The number of imidazole rings is 1. The lowest BCUT2D eigenvalue weighted by Crippen LogP contribution is -2.31. The van der Waals surface area contributed by atoms with Crippen LogP contribution in [-0.4, -0.2) is 27.0 Å². The third-order valence-corrected chi connectivity index (χ3v) is 3.81. The van der Waals surface area contributed by atoms with Crippen LogP contribution in [0.4, 0.5) is 5.69 Å². The van der Waals surface area contributed by atoms with Gasteiger partial charge < -0.3 is 11.1 Å². The number of nitrogens with one attached hydrogen (secondary N) is 1. The molecule has 0 aliphatic heterocycles. The van der Waals surface area contributed by atoms with Crippen molar-refractivity contribution in [2.45, 2.75) is 19.8 Å². The number of anilines is 1. The maximum absolute atomic E-state index is 12.3. The van der Waals surface area contributed by atoms with Gasteiger partial charge in [-0.25, -0.2) is 9.97 Å². The molecule has 1 amide bonds. The first kappa shape index (κ1) is 12.8. The second-order valence-corrected chi connectivity index (χ2v) is 5.16. The summed E-state index contributed by atoms with van der Waals surface area (Å²) in [6, 6.07) is 3.64. The predicted octanol–water partition coefficient (Wildman–Crippen LogP) is 1.25. The van der Waals surface area contributed by atoms with Gasteiger partial charge in [0, 0.05) is 25.1 Å². The number of hydrogen-bond acceptors (Lipinski definition) is 4. The van der Waals surface area contributed by atoms with E-state index in [0.29, 0.717) is 18.1 Å². The molecule has 2 aromatic rings. The Morgan fingerprint density at radius 2 is 2.25 bits per heavy atom. The van der Waals surface area contributed by atoms with Crippen LogP contribution in [0.2, 0.25) is 0 Å². The fourth-order valence-corrected chi connectivity index (χ4v) is 2.22. The van der Waals surface area contributed by atoms with E-state index in [4.69, 9.17) is 5.73 Å². The third-order valence-electron chi connectivity index (χ3n) is 3.81. The number of carbonyl (C=O) groups is 1. The minimum absolute atomic E-state index is 0.0213. The van der Waals surface area contributed by atoms with E-state index in [1.165, 1.54) is 0 Å². The summed E-state index contributed by atoms with van der Waals surface area (Å²) in [4.78, 5) is 20.8. The first-order chi connectivity index (χ1) is 9.66. The summed E-state index contributed by atoms with van der Waals surface area (Å²) in [6.45, 7) is 2.28. The number of carbonyl (C=O) groups excluding carboxylic acids is 1. The maximum atomic E-state index is 12.3. The van der Waals surface area contributed by atoms with Gasteiger partial charge in [-0.15, -0.1) is 0 Å². The summed E-state index contributed by atoms with van der Waals surface area (Å²) in [5, 5.41) is 2.95. The molecular formula is C14H17N5O. The van der Waals surface area contributed by atoms with Gasteiger partial charge in [-0.2, -0.15) is 0 Å². The zero-order chi connectivity index (χ0) is 14.2. The topological polar surface area (TPSA) is 85.8 Å². The van der Waals surface area contributed by atoms with Crippen LogP contribution in [0.15, 0.2) is 30.7 Å². The Morgan fingerprint density at radius 1 is 1.45 bits per heavy atom. The van der Waals surface area contributed by atoms with E-state index in [1.54, 1.807) is 18.5 Å². The van der Waals surface area contributed by atoms with Crippen molar-refractivity contribution in [3.63, 3.8) is 0 Å². The number of rotatable bonds is 4. The van der Waals surface area contributed by atoms with Crippen molar-refractivity contribution < 1.29 is 4.79 Å². The van der Waals surface area contributed by atoms with E-state index in [0.717, 1.165) is 18.7 Å². The minimum atomic E-state index is -0.378. The Balaban J connectivity index is 1.91. The first-order valence-electron chi connectivity index (χ1n) is 6.63. The second kappa shape index (κ2) is 4.72. The Hall–Kier alpha value is -2.21. The van der Waals surface area contributed by atoms with Gasteiger partial charge in [0.1, 0.15) is 5.82 Å². The summed E-state index contributed by atoms with van der Waals surface area (Å²) in [6.07, 6.45) is 6.94. The highest BCUT2D eigenvalue weighted by molar-refractivity contribution is 5.98. The lowest BCUT2D eigenvalue weighted by atomic mass is 10.1. The largest absolute Gasteiger partial charge is 0.329 e. The minimum Gasteiger partial charge on any atom is -0.329 e. The van der Waals surface area contributed by atoms with Crippen LogP contribution < -0.4 is 11.1 Å². The van der Waals surface area contributed by atoms with E-state index < -0.39 is 0 Å². The molecule has 0 aromatic carbocycles. The summed E-state index contributed by atoms with van der Waals surface area (Å²) in [5.74, 6) is 1.47. The van der Waals surface area contributed by atoms with Gasteiger partial charge >= 0.3 is 0 Å². The number of nitrogens with zero attached hydrogens (tertiary/aromatic N) is 3. The van der Waals surface area contributed by atoms with Crippen molar-refractivity contribution in [2.24, 2.45) is 11.1 Å². The van der Waals surface area contributed by atoms with Crippen LogP contribution in [-0.2, 0) is 4.79 Å². The lowest BCUT2D eigenvalue weighted by Gasteiger charge is -2.15. The zero-order valence-corrected chi connectivity index (χ0v) is 11.3. The normalized spacial score (nSPS) is 15.9. The molecular weight excluding hydrogens is 254 g/mol. The summed E-state index contributed by atoms with van der Waals surface area (Å²) in [7, 11) is 0. The molecule has 1 fully saturated rings. The van der Waals surface area contributed by atoms with E-state index >= 15 is 0 Å². The van der Waals surface area contributed by atoms with Gasteiger partial charge in [-0.3, -0.25) is 9.36 Å². The van der Waals surface area contributed by atoms with Crippen LogP contribution in [0.25, 0.3) is 5.82 Å². The highest BCUT2D eigenvalue weighted by atomic mass is 16.2. The van der Waals surface area contributed by atoms with Gasteiger partial charge in [0.2, 0.25) is 5.91 Å². The summed E-state index contributed by atoms with van der Waals surface area (Å²) >= 11 is 0. The molecule has 6 nitrogen and oxygen atoms in total. The summed E-state index contributed by atoms with van der Waals surface area (Å²) in [5.41, 5.74) is 5.99. The average Bonchev–Trinajstić information content (AvgIpc) is 3.16. The number of aromatic nitrogens is 3. The van der Waals surface area contributed by atoms with Crippen molar-refractivity contribution in [3.05, 3.63) is 36.5 Å². The smallest absolute Gasteiger partial charge is 0.231 e. The number of pyridine rings is 1. The van der Waals surface area contributed by atoms with Crippen molar-refractivity contribution in [1.29, 1.82) is 0 Å². The Kier molecular flexibility index (Phi) is 3.02. The van der Waals surface area contributed by atoms with Gasteiger partial charge in [-0.05, 0) is 31.9 Å². The van der Waals surface area contributed by atoms with Gasteiger partial charge in [0.05, 0.1) is 11.1 Å². The standard InChI is InChI=1S/C14H17N5O/c1-10-16-7-8-19(10)12-11(3-2-6-17-12)18-13(20)14(9-15)4-5-14/h2-3,6-8H,4-5,9,15H2,1H3,(H,18,20). The van der Waals surface area contributed by atoms with E-state index in [1.807, 2.05) is 23.8 Å². The van der Waals surface area contributed by atoms with Gasteiger partial charge in [-0.1, -0.05) is 0 Å². The van der Waals surface area contributed by atoms with Crippen LogP contribution in [0, 0.1) is 12.3 Å². The number of hydrogen-bond donors (Lipinski definition) is 2. The van der Waals surface area contributed by atoms with E-state index in [2.05, 4.69) is 15.3 Å². The molecule has 1 aliphatic carbocycles. The molecule has 2 aromatic heterocycles. The molecule has 20 heavy (non-hydrogen) atoms. The van der Waals surface area contributed by atoms with Gasteiger partial charge in [0.15, 0.2) is 5.82 Å². The van der Waals surface area contributed by atoms with Crippen molar-refractivity contribution in [3.8, 4) is 5.82 Å². The molecule has 6 heteroatoms. The van der Waals surface area contributed by atoms with Crippen LogP contribution in [0.3, 0.4) is 0 Å². The number of amides is 1. The number of aryl methyl sites for hydroxylation is 1. The molecule has 0 bridgehead atoms. The zero-order valence-electron chi connectivity index (χ0n) is 11.3. The molecule has 0 atom stereocenters. The fraction of sp³-hybridized carbons (Fsp3) is 0.357. The summed E-state index contributed by atoms with van der Waals surface area (Å²) < 4.78 is 1.84. The average molecular weight is 271 g/mol. The predicted molar refractivity (Wildman–Crippen MR) is 75.4 cm³/mol. The Labute approximate surface area is 117 Å². The maximum Gasteiger partial charge on any atom is 0.231 e. The van der Waals surface area contributed by atoms with Crippen LogP contribution in [0.1, 0.15) is 18.7 Å². The second-order valence-electron chi connectivity index (χ2n) is 5.16. The molecule has 3 N–H and O–H groups in total. The third kappa shape index (κ3) is 2.08. The molecule has 0 unspecified atom stereocenters. The SMILES string of the molecule is Cc1nccn1-c1ncccc1NC(=O)C1(CN)CC1. The molecule has 1 aliphatic rings. The highest BCUT2D eigenvalue weighted by Crippen LogP contribution is 2.45. The molecule has 2 heterocycles. The van der Waals surface area contributed by atoms with Crippen molar-refractivity contribution in [1.82, 2.24) is 14.5 Å². The molecule has 104 valence electrons. The van der Waals surface area contributed by atoms with E-state index in [-0.39, 0.29) is 11.3 Å². The lowest BCUT2D eigenvalue weighted by molar-refractivity contribution is -0.120. The fourth-order valence-electron chi connectivity index (χ4n) is 2.22. The van der Waals surface area contributed by atoms with E-state index in [9.17, 15) is 4.79 Å². The first-order valence-corrected chi connectivity index (χ1v) is 6.63. The number of nitrogens with two attached hydrogens (primary N) is 1. The van der Waals surface area contributed by atoms with Crippen molar-refractivity contribution in [2.75, 3.05) is 11.9 Å². The molecule has 0 saturated heterocycles. The quantitative estimate of drug-likeness (QED) is 0.876. The van der Waals surface area contributed by atoms with Crippen LogP contribution >= 0.6 is 0 Å². The molecule has 0 spiro atoms. The molecule has 1 saturated carbocycles. The highest BCUT2D eigenvalue weighted by Gasteiger charge is 2.48. The monoisotopic (exact) mass is 271 g/mol. The molecule has 0 radical (unpaired) electrons. The Bertz CT molecular complexity index is 645. The molecule has 3 rings (SSSR count). The van der Waals surface area contributed by atoms with Crippen LogP contribution in [0.5, 0.6) is 0 Å². The van der Waals surface area contributed by atoms with Gasteiger partial charge in [0.25, 0.3) is 0 Å². The van der Waals surface area contributed by atoms with Crippen molar-refractivity contribution >= 4 is 11.6 Å². The Morgan fingerprint density at radius 3 is 2.85 bits per heavy atom.